The van der Waals surface area contributed by atoms with Crippen LogP contribution in [0.25, 0.3) is 0 Å². The summed E-state index contributed by atoms with van der Waals surface area (Å²) >= 11 is 0. The molecule has 1 N–H and O–H groups in total. The van der Waals surface area contributed by atoms with Crippen molar-refractivity contribution in [3.05, 3.63) is 70.6 Å². The van der Waals surface area contributed by atoms with Crippen molar-refractivity contribution in [2.45, 2.75) is 45.1 Å². The third kappa shape index (κ3) is 5.72. The first-order valence-corrected chi connectivity index (χ1v) is 10.9. The van der Waals surface area contributed by atoms with E-state index >= 15 is 0 Å². The predicted molar refractivity (Wildman–Crippen MR) is 120 cm³/mol. The highest BCUT2D eigenvalue weighted by molar-refractivity contribution is 5.80. The van der Waals surface area contributed by atoms with E-state index in [0.717, 1.165) is 45.0 Å². The van der Waals surface area contributed by atoms with E-state index in [4.69, 9.17) is 0 Å². The summed E-state index contributed by atoms with van der Waals surface area (Å²) in [7, 11) is 1.87. The highest BCUT2D eigenvalue weighted by Gasteiger charge is 2.30. The zero-order valence-corrected chi connectivity index (χ0v) is 17.8. The summed E-state index contributed by atoms with van der Waals surface area (Å²) < 4.78 is 1.77. The second-order valence-corrected chi connectivity index (χ2v) is 7.83. The molecule has 1 aliphatic rings. The Labute approximate surface area is 174 Å². The number of unbranched alkanes of at least 4 members (excludes halogenated alkanes) is 1. The fourth-order valence-corrected chi connectivity index (χ4v) is 4.36. The molecule has 0 amide bonds. The molecule has 0 saturated carbocycles. The van der Waals surface area contributed by atoms with Crippen molar-refractivity contribution in [3.63, 3.8) is 0 Å². The van der Waals surface area contributed by atoms with Crippen LogP contribution in [0, 0.1) is 5.92 Å². The predicted octanol–water partition coefficient (Wildman–Crippen LogP) is 3.72. The van der Waals surface area contributed by atoms with E-state index in [2.05, 4.69) is 52.5 Å². The minimum Gasteiger partial charge on any atom is -0.356 e. The number of guanidine groups is 1. The van der Waals surface area contributed by atoms with Crippen molar-refractivity contribution in [2.75, 3.05) is 26.7 Å². The number of benzene rings is 1. The molecule has 29 heavy (non-hydrogen) atoms. The maximum Gasteiger partial charge on any atom is 0.250 e. The van der Waals surface area contributed by atoms with Gasteiger partial charge in [0.25, 0.3) is 0 Å². The van der Waals surface area contributed by atoms with Crippen LogP contribution in [-0.4, -0.2) is 42.1 Å². The van der Waals surface area contributed by atoms with Gasteiger partial charge in [-0.1, -0.05) is 49.7 Å². The average molecular weight is 395 g/mol. The monoisotopic (exact) mass is 394 g/mol. The first-order valence-electron chi connectivity index (χ1n) is 10.9. The molecule has 2 atom stereocenters. The maximum atomic E-state index is 11.8. The quantitative estimate of drug-likeness (QED) is 0.442. The fourth-order valence-electron chi connectivity index (χ4n) is 4.36. The summed E-state index contributed by atoms with van der Waals surface area (Å²) in [5.41, 5.74) is 1.54. The van der Waals surface area contributed by atoms with Gasteiger partial charge in [0, 0.05) is 45.5 Å². The maximum absolute atomic E-state index is 11.8. The summed E-state index contributed by atoms with van der Waals surface area (Å²) in [6.07, 6.45) is 6.19. The number of aromatic nitrogens is 1. The number of piperidine rings is 1. The Bertz CT molecular complexity index is 830. The number of rotatable bonds is 7. The lowest BCUT2D eigenvalue weighted by molar-refractivity contribution is 0.215. The van der Waals surface area contributed by atoms with E-state index in [1.807, 2.05) is 19.3 Å². The van der Waals surface area contributed by atoms with Crippen LogP contribution >= 0.6 is 0 Å². The van der Waals surface area contributed by atoms with Gasteiger partial charge < -0.3 is 14.8 Å². The Morgan fingerprint density at radius 3 is 2.66 bits per heavy atom. The molecule has 0 spiro atoms. The van der Waals surface area contributed by atoms with E-state index in [0.29, 0.717) is 11.8 Å². The third-order valence-electron chi connectivity index (χ3n) is 6.01. The van der Waals surface area contributed by atoms with Crippen molar-refractivity contribution in [2.24, 2.45) is 10.9 Å². The van der Waals surface area contributed by atoms with E-state index in [1.165, 1.54) is 18.4 Å². The summed E-state index contributed by atoms with van der Waals surface area (Å²) in [5, 5.41) is 3.53. The van der Waals surface area contributed by atoms with Gasteiger partial charge in [0.15, 0.2) is 5.96 Å². The van der Waals surface area contributed by atoms with Gasteiger partial charge in [-0.3, -0.25) is 9.79 Å². The molecule has 0 radical (unpaired) electrons. The average Bonchev–Trinajstić information content (AvgIpc) is 2.77. The summed E-state index contributed by atoms with van der Waals surface area (Å²) in [5.74, 6) is 2.29. The Morgan fingerprint density at radius 2 is 1.93 bits per heavy atom. The molecule has 1 saturated heterocycles. The molecular weight excluding hydrogens is 360 g/mol. The number of likely N-dealkylation sites (tertiary alicyclic amines) is 1. The number of nitrogens with zero attached hydrogens (tertiary/aromatic N) is 3. The molecule has 2 heterocycles. The van der Waals surface area contributed by atoms with Crippen LogP contribution in [0.15, 0.2) is 64.5 Å². The van der Waals surface area contributed by atoms with E-state index in [-0.39, 0.29) is 5.56 Å². The van der Waals surface area contributed by atoms with Gasteiger partial charge in [-0.2, -0.15) is 0 Å². The molecular formula is C24H34N4O. The van der Waals surface area contributed by atoms with Gasteiger partial charge in [0.05, 0.1) is 0 Å². The Kier molecular flexibility index (Phi) is 7.91. The summed E-state index contributed by atoms with van der Waals surface area (Å²) in [6, 6.07) is 16.3. The molecule has 3 rings (SSSR count). The second kappa shape index (κ2) is 10.8. The largest absolute Gasteiger partial charge is 0.356 e. The summed E-state index contributed by atoms with van der Waals surface area (Å²) in [6.45, 7) is 6.03. The number of hydrogen-bond donors (Lipinski definition) is 1. The SMILES string of the molecule is CCC1CN(C(=NC)NCCCCn2ccccc2=O)CCC1c1ccccc1. The van der Waals surface area contributed by atoms with Gasteiger partial charge in [-0.15, -0.1) is 0 Å². The van der Waals surface area contributed by atoms with Crippen LogP contribution in [0.5, 0.6) is 0 Å². The van der Waals surface area contributed by atoms with Gasteiger partial charge in [0.1, 0.15) is 0 Å². The van der Waals surface area contributed by atoms with E-state index < -0.39 is 0 Å². The van der Waals surface area contributed by atoms with Crippen LogP contribution in [0.1, 0.15) is 44.1 Å². The number of aryl methyl sites for hydroxylation is 1. The van der Waals surface area contributed by atoms with Crippen molar-refractivity contribution >= 4 is 5.96 Å². The van der Waals surface area contributed by atoms with Gasteiger partial charge in [0.2, 0.25) is 5.56 Å². The zero-order chi connectivity index (χ0) is 20.5. The van der Waals surface area contributed by atoms with E-state index in [1.54, 1.807) is 16.7 Å². The molecule has 1 fully saturated rings. The van der Waals surface area contributed by atoms with E-state index in [9.17, 15) is 4.79 Å². The molecule has 2 aromatic rings. The lowest BCUT2D eigenvalue weighted by atomic mass is 9.79. The molecule has 0 bridgehead atoms. The topological polar surface area (TPSA) is 49.6 Å². The first kappa shape index (κ1) is 21.2. The minimum absolute atomic E-state index is 0.0724. The Balaban J connectivity index is 1.47. The number of pyridine rings is 1. The lowest BCUT2D eigenvalue weighted by Gasteiger charge is -2.40. The number of aliphatic imine (C=N–C) groups is 1. The van der Waals surface area contributed by atoms with Crippen molar-refractivity contribution in [1.82, 2.24) is 14.8 Å². The molecule has 0 aliphatic carbocycles. The van der Waals surface area contributed by atoms with Crippen molar-refractivity contribution in [1.29, 1.82) is 0 Å². The smallest absolute Gasteiger partial charge is 0.250 e. The molecule has 1 aliphatic heterocycles. The molecule has 5 nitrogen and oxygen atoms in total. The minimum atomic E-state index is 0.0724. The van der Waals surface area contributed by atoms with Crippen molar-refractivity contribution in [3.8, 4) is 0 Å². The lowest BCUT2D eigenvalue weighted by Crippen LogP contribution is -2.48. The van der Waals surface area contributed by atoms with Crippen LogP contribution in [0.2, 0.25) is 0 Å². The molecule has 2 unspecified atom stereocenters. The van der Waals surface area contributed by atoms with Crippen LogP contribution in [-0.2, 0) is 6.54 Å². The van der Waals surface area contributed by atoms with Crippen LogP contribution < -0.4 is 10.9 Å². The summed E-state index contributed by atoms with van der Waals surface area (Å²) in [4.78, 5) is 18.7. The fraction of sp³-hybridized carbons (Fsp3) is 0.500. The first-order chi connectivity index (χ1) is 14.2. The highest BCUT2D eigenvalue weighted by Crippen LogP contribution is 2.34. The molecule has 1 aromatic heterocycles. The molecule has 5 heteroatoms. The number of nitrogens with one attached hydrogen (secondary N) is 1. The highest BCUT2D eigenvalue weighted by atomic mass is 16.1. The zero-order valence-electron chi connectivity index (χ0n) is 17.8. The molecule has 1 aromatic carbocycles. The second-order valence-electron chi connectivity index (χ2n) is 7.83. The Morgan fingerprint density at radius 1 is 1.14 bits per heavy atom. The van der Waals surface area contributed by atoms with Crippen molar-refractivity contribution < 1.29 is 0 Å². The number of hydrogen-bond acceptors (Lipinski definition) is 2. The normalized spacial score (nSPS) is 19.9. The Hall–Kier alpha value is -2.56. The van der Waals surface area contributed by atoms with Crippen LogP contribution in [0.3, 0.4) is 0 Å². The third-order valence-corrected chi connectivity index (χ3v) is 6.01. The van der Waals surface area contributed by atoms with Gasteiger partial charge in [-0.05, 0) is 42.7 Å². The standard InChI is InChI=1S/C24H34N4O/c1-3-20-19-28(18-14-22(20)21-11-5-4-6-12-21)24(25-2)26-15-8-10-17-27-16-9-7-13-23(27)29/h4-7,9,11-13,16,20,22H,3,8,10,14-15,17-19H2,1-2H3,(H,25,26). The van der Waals surface area contributed by atoms with Gasteiger partial charge >= 0.3 is 0 Å². The molecule has 156 valence electrons. The van der Waals surface area contributed by atoms with Crippen LogP contribution in [0.4, 0.5) is 0 Å². The van der Waals surface area contributed by atoms with Gasteiger partial charge in [-0.25, -0.2) is 0 Å².